The third-order valence-corrected chi connectivity index (χ3v) is 5.43. The number of carbonyl (C=O) groups excluding carboxylic acids is 2. The van der Waals surface area contributed by atoms with Crippen molar-refractivity contribution in [2.75, 3.05) is 32.7 Å². The largest absolute Gasteiger partial charge is 0.373 e. The van der Waals surface area contributed by atoms with E-state index in [2.05, 4.69) is 31.0 Å². The molecule has 2 aliphatic rings. The molecule has 2 amide bonds. The molecule has 2 aliphatic heterocycles. The predicted molar refractivity (Wildman–Crippen MR) is 109 cm³/mol. The molecule has 2 heterocycles. The highest BCUT2D eigenvalue weighted by atomic mass is 16.5. The number of amides is 2. The first-order valence-electron chi connectivity index (χ1n) is 10.4. The van der Waals surface area contributed by atoms with Gasteiger partial charge in [-0.2, -0.15) is 0 Å². The van der Waals surface area contributed by atoms with Crippen LogP contribution in [0.2, 0.25) is 0 Å². The number of hydrogen-bond acceptors (Lipinski definition) is 4. The summed E-state index contributed by atoms with van der Waals surface area (Å²) in [7, 11) is 0. The van der Waals surface area contributed by atoms with Gasteiger partial charge in [-0.25, -0.2) is 0 Å². The van der Waals surface area contributed by atoms with Crippen LogP contribution in [0.5, 0.6) is 0 Å². The molecular formula is C22H33N3O3. The van der Waals surface area contributed by atoms with Gasteiger partial charge in [0.05, 0.1) is 12.2 Å². The van der Waals surface area contributed by atoms with E-state index in [0.717, 1.165) is 32.6 Å². The molecule has 1 aromatic rings. The van der Waals surface area contributed by atoms with Crippen LogP contribution in [0.1, 0.15) is 49.5 Å². The maximum Gasteiger partial charge on any atom is 0.251 e. The predicted octanol–water partition coefficient (Wildman–Crippen LogP) is 2.28. The first-order chi connectivity index (χ1) is 13.4. The van der Waals surface area contributed by atoms with E-state index in [1.807, 2.05) is 29.2 Å². The lowest BCUT2D eigenvalue weighted by molar-refractivity contribution is -0.128. The standard InChI is InChI=1S/C22H33N3O3/c1-16(12-25-10-4-5-21(25)26)11-23-22(27)20-8-6-19(7-9-20)15-24-13-17(2)28-18(3)14-24/h6-9,16-18H,4-5,10-15H2,1-3H3,(H,23,27)/t16-,17-,18-/m1/s1. The number of nitrogens with one attached hydrogen (secondary N) is 1. The Morgan fingerprint density at radius 3 is 2.50 bits per heavy atom. The molecule has 154 valence electrons. The smallest absolute Gasteiger partial charge is 0.251 e. The van der Waals surface area contributed by atoms with Crippen molar-refractivity contribution in [1.82, 2.24) is 15.1 Å². The number of carbonyl (C=O) groups is 2. The summed E-state index contributed by atoms with van der Waals surface area (Å²) >= 11 is 0. The number of hydrogen-bond donors (Lipinski definition) is 1. The molecule has 0 unspecified atom stereocenters. The Morgan fingerprint density at radius 1 is 1.21 bits per heavy atom. The van der Waals surface area contributed by atoms with E-state index in [-0.39, 0.29) is 29.9 Å². The zero-order chi connectivity index (χ0) is 20.1. The van der Waals surface area contributed by atoms with Gasteiger partial charge in [0.15, 0.2) is 0 Å². The van der Waals surface area contributed by atoms with Crippen molar-refractivity contribution in [2.45, 2.75) is 52.4 Å². The fraction of sp³-hybridized carbons (Fsp3) is 0.636. The normalized spacial score (nSPS) is 24.4. The monoisotopic (exact) mass is 387 g/mol. The van der Waals surface area contributed by atoms with E-state index >= 15 is 0 Å². The van der Waals surface area contributed by atoms with Gasteiger partial charge in [-0.1, -0.05) is 19.1 Å². The molecule has 3 rings (SSSR count). The van der Waals surface area contributed by atoms with E-state index in [9.17, 15) is 9.59 Å². The second kappa shape index (κ2) is 9.52. The maximum absolute atomic E-state index is 12.4. The molecule has 28 heavy (non-hydrogen) atoms. The summed E-state index contributed by atoms with van der Waals surface area (Å²) in [4.78, 5) is 28.4. The van der Waals surface area contributed by atoms with E-state index in [1.54, 1.807) is 0 Å². The first-order valence-corrected chi connectivity index (χ1v) is 10.4. The minimum atomic E-state index is -0.0558. The number of likely N-dealkylation sites (tertiary alicyclic amines) is 1. The molecule has 2 fully saturated rings. The van der Waals surface area contributed by atoms with Crippen molar-refractivity contribution in [2.24, 2.45) is 5.92 Å². The molecule has 0 bridgehead atoms. The average Bonchev–Trinajstić information content (AvgIpc) is 3.04. The third kappa shape index (κ3) is 5.79. The van der Waals surface area contributed by atoms with Crippen molar-refractivity contribution in [1.29, 1.82) is 0 Å². The Balaban J connectivity index is 1.44. The van der Waals surface area contributed by atoms with Gasteiger partial charge in [-0.05, 0) is 43.9 Å². The highest BCUT2D eigenvalue weighted by Gasteiger charge is 2.23. The van der Waals surface area contributed by atoms with Crippen molar-refractivity contribution in [3.63, 3.8) is 0 Å². The lowest BCUT2D eigenvalue weighted by Crippen LogP contribution is -2.44. The zero-order valence-corrected chi connectivity index (χ0v) is 17.3. The van der Waals surface area contributed by atoms with Crippen LogP contribution in [0.15, 0.2) is 24.3 Å². The molecular weight excluding hydrogens is 354 g/mol. The summed E-state index contributed by atoms with van der Waals surface area (Å²) in [5, 5.41) is 3.00. The van der Waals surface area contributed by atoms with Gasteiger partial charge in [0.25, 0.3) is 5.91 Å². The lowest BCUT2D eigenvalue weighted by atomic mass is 10.1. The third-order valence-electron chi connectivity index (χ3n) is 5.43. The second-order valence-electron chi connectivity index (χ2n) is 8.41. The van der Waals surface area contributed by atoms with Gasteiger partial charge in [0.1, 0.15) is 0 Å². The minimum absolute atomic E-state index is 0.0558. The molecule has 0 spiro atoms. The van der Waals surface area contributed by atoms with Gasteiger partial charge >= 0.3 is 0 Å². The van der Waals surface area contributed by atoms with Crippen molar-refractivity contribution in [3.8, 4) is 0 Å². The van der Waals surface area contributed by atoms with Crippen LogP contribution < -0.4 is 5.32 Å². The zero-order valence-electron chi connectivity index (χ0n) is 17.3. The van der Waals surface area contributed by atoms with E-state index in [0.29, 0.717) is 25.1 Å². The molecule has 1 aromatic carbocycles. The van der Waals surface area contributed by atoms with E-state index < -0.39 is 0 Å². The molecule has 6 heteroatoms. The second-order valence-corrected chi connectivity index (χ2v) is 8.41. The average molecular weight is 388 g/mol. The molecule has 0 saturated carbocycles. The summed E-state index contributed by atoms with van der Waals surface area (Å²) < 4.78 is 5.78. The van der Waals surface area contributed by atoms with Crippen molar-refractivity contribution < 1.29 is 14.3 Å². The molecule has 2 saturated heterocycles. The molecule has 1 N–H and O–H groups in total. The van der Waals surface area contributed by atoms with Crippen LogP contribution in [0.25, 0.3) is 0 Å². The van der Waals surface area contributed by atoms with E-state index in [1.165, 1.54) is 5.56 Å². The van der Waals surface area contributed by atoms with Crippen LogP contribution >= 0.6 is 0 Å². The van der Waals surface area contributed by atoms with Crippen LogP contribution in [0, 0.1) is 5.92 Å². The minimum Gasteiger partial charge on any atom is -0.373 e. The van der Waals surface area contributed by atoms with Crippen LogP contribution in [0.3, 0.4) is 0 Å². The summed E-state index contributed by atoms with van der Waals surface area (Å²) in [6.07, 6.45) is 2.12. The Kier molecular flexibility index (Phi) is 7.08. The van der Waals surface area contributed by atoms with Crippen LogP contribution in [-0.2, 0) is 16.1 Å². The SMILES string of the molecule is C[C@H](CNC(=O)c1ccc(CN2C[C@@H](C)O[C@H](C)C2)cc1)CN1CCCC1=O. The molecule has 6 nitrogen and oxygen atoms in total. The number of morpholine rings is 1. The van der Waals surface area contributed by atoms with Gasteiger partial charge in [0, 0.05) is 51.3 Å². The number of nitrogens with zero attached hydrogens (tertiary/aromatic N) is 2. The van der Waals surface area contributed by atoms with Crippen molar-refractivity contribution >= 4 is 11.8 Å². The fourth-order valence-electron chi connectivity index (χ4n) is 4.14. The fourth-order valence-corrected chi connectivity index (χ4v) is 4.14. The molecule has 0 aliphatic carbocycles. The van der Waals surface area contributed by atoms with Crippen molar-refractivity contribution in [3.05, 3.63) is 35.4 Å². The summed E-state index contributed by atoms with van der Waals surface area (Å²) in [5.74, 6) is 0.424. The van der Waals surface area contributed by atoms with Gasteiger partial charge in [-0.3, -0.25) is 14.5 Å². The Hall–Kier alpha value is -1.92. The summed E-state index contributed by atoms with van der Waals surface area (Å²) in [6.45, 7) is 11.2. The number of benzene rings is 1. The molecule has 0 radical (unpaired) electrons. The highest BCUT2D eigenvalue weighted by Crippen LogP contribution is 2.15. The van der Waals surface area contributed by atoms with Crippen LogP contribution in [-0.4, -0.2) is 66.5 Å². The molecule has 0 aromatic heterocycles. The molecule has 3 atom stereocenters. The Bertz CT molecular complexity index is 666. The van der Waals surface area contributed by atoms with E-state index in [4.69, 9.17) is 4.74 Å². The summed E-state index contributed by atoms with van der Waals surface area (Å²) in [5.41, 5.74) is 1.88. The lowest BCUT2D eigenvalue weighted by Gasteiger charge is -2.35. The van der Waals surface area contributed by atoms with Gasteiger partial charge in [0.2, 0.25) is 5.91 Å². The topological polar surface area (TPSA) is 61.9 Å². The van der Waals surface area contributed by atoms with Gasteiger partial charge < -0.3 is 15.0 Å². The van der Waals surface area contributed by atoms with Gasteiger partial charge in [-0.15, -0.1) is 0 Å². The Morgan fingerprint density at radius 2 is 1.89 bits per heavy atom. The Labute approximate surface area is 168 Å². The maximum atomic E-state index is 12.4. The quantitative estimate of drug-likeness (QED) is 0.780. The summed E-state index contributed by atoms with van der Waals surface area (Å²) in [6, 6.07) is 7.86. The number of rotatable bonds is 7. The van der Waals surface area contributed by atoms with Crippen LogP contribution in [0.4, 0.5) is 0 Å². The first kappa shape index (κ1) is 20.8. The highest BCUT2D eigenvalue weighted by molar-refractivity contribution is 5.94. The number of ether oxygens (including phenoxy) is 1.